The van der Waals surface area contributed by atoms with Crippen molar-refractivity contribution in [2.45, 2.75) is 26.7 Å². The van der Waals surface area contributed by atoms with E-state index in [-0.39, 0.29) is 0 Å². The van der Waals surface area contributed by atoms with Crippen LogP contribution < -0.4 is 0 Å². The van der Waals surface area contributed by atoms with Gasteiger partial charge in [0.2, 0.25) is 0 Å². The van der Waals surface area contributed by atoms with Gasteiger partial charge in [0.05, 0.1) is 0 Å². The second-order valence-electron chi connectivity index (χ2n) is 4.32. The maximum Gasteiger partial charge on any atom is 0.0378 e. The lowest BCUT2D eigenvalue weighted by Gasteiger charge is -2.04. The predicted molar refractivity (Wildman–Crippen MR) is 69.7 cm³/mol. The first-order valence-corrected chi connectivity index (χ1v) is 5.89. The van der Waals surface area contributed by atoms with Crippen molar-refractivity contribution < 1.29 is 0 Å². The van der Waals surface area contributed by atoms with Crippen LogP contribution in [0.2, 0.25) is 0 Å². The summed E-state index contributed by atoms with van der Waals surface area (Å²) in [5.41, 5.74) is 4.78. The van der Waals surface area contributed by atoms with Crippen molar-refractivity contribution in [2.24, 2.45) is 0 Å². The van der Waals surface area contributed by atoms with E-state index in [0.717, 1.165) is 24.2 Å². The van der Waals surface area contributed by atoms with Gasteiger partial charge in [-0.15, -0.1) is 0 Å². The Labute approximate surface area is 103 Å². The molecule has 2 aromatic rings. The number of hydrogen-bond donors (Lipinski definition) is 0. The van der Waals surface area contributed by atoms with Crippen LogP contribution in [0.15, 0.2) is 36.7 Å². The maximum absolute atomic E-state index is 4.38. The summed E-state index contributed by atoms with van der Waals surface area (Å²) in [6, 6.07) is 8.37. The van der Waals surface area contributed by atoms with E-state index in [0.29, 0.717) is 0 Å². The first kappa shape index (κ1) is 11.8. The highest BCUT2D eigenvalue weighted by Gasteiger charge is 1.98. The van der Waals surface area contributed by atoms with E-state index in [1.54, 1.807) is 6.20 Å². The van der Waals surface area contributed by atoms with Crippen molar-refractivity contribution in [1.29, 1.82) is 0 Å². The van der Waals surface area contributed by atoms with E-state index in [1.165, 1.54) is 11.1 Å². The Kier molecular flexibility index (Phi) is 3.86. The van der Waals surface area contributed by atoms with Gasteiger partial charge in [-0.05, 0) is 62.4 Å². The quantitative estimate of drug-likeness (QED) is 0.799. The van der Waals surface area contributed by atoms with Crippen LogP contribution in [0.25, 0.3) is 0 Å². The van der Waals surface area contributed by atoms with Crippen LogP contribution in [0.5, 0.6) is 0 Å². The van der Waals surface area contributed by atoms with Gasteiger partial charge in [-0.25, -0.2) is 0 Å². The van der Waals surface area contributed by atoms with E-state index >= 15 is 0 Å². The van der Waals surface area contributed by atoms with Gasteiger partial charge in [-0.1, -0.05) is 6.07 Å². The summed E-state index contributed by atoms with van der Waals surface area (Å²) in [4.78, 5) is 8.49. The molecule has 0 spiro atoms. The van der Waals surface area contributed by atoms with Crippen LogP contribution in [-0.2, 0) is 12.8 Å². The Morgan fingerprint density at radius 3 is 2.41 bits per heavy atom. The molecule has 87 valence electrons. The second kappa shape index (κ2) is 5.58. The number of nitrogens with zero attached hydrogens (tertiary/aromatic N) is 2. The Balaban J connectivity index is 1.90. The molecule has 0 N–H and O–H groups in total. The molecule has 0 saturated carbocycles. The zero-order valence-electron chi connectivity index (χ0n) is 10.4. The molecule has 2 rings (SSSR count). The molecular formula is C15H17N2. The van der Waals surface area contributed by atoms with Crippen molar-refractivity contribution in [3.05, 3.63) is 65.6 Å². The van der Waals surface area contributed by atoms with E-state index in [2.05, 4.69) is 34.6 Å². The minimum absolute atomic E-state index is 0.967. The summed E-state index contributed by atoms with van der Waals surface area (Å²) < 4.78 is 0. The number of rotatable bonds is 4. The van der Waals surface area contributed by atoms with Gasteiger partial charge in [-0.2, -0.15) is 0 Å². The molecule has 0 aliphatic heterocycles. The third-order valence-electron chi connectivity index (χ3n) is 2.62. The van der Waals surface area contributed by atoms with Crippen molar-refractivity contribution >= 4 is 0 Å². The molecule has 2 nitrogen and oxygen atoms in total. The molecule has 1 radical (unpaired) electrons. The third kappa shape index (κ3) is 3.66. The van der Waals surface area contributed by atoms with Crippen molar-refractivity contribution in [3.63, 3.8) is 0 Å². The molecule has 0 aliphatic carbocycles. The number of hydrogen-bond acceptors (Lipinski definition) is 2. The molecule has 17 heavy (non-hydrogen) atoms. The number of pyridine rings is 2. The standard InChI is InChI=1S/C15H17N2/c1-12-9-15(10-13(2)17-12)6-3-5-14-7-4-8-16-11-14/h3-4,7-11H,5-6H2,1-2H3. The maximum atomic E-state index is 4.38. The van der Waals surface area contributed by atoms with Gasteiger partial charge in [-0.3, -0.25) is 9.97 Å². The fraction of sp³-hybridized carbons (Fsp3) is 0.267. The van der Waals surface area contributed by atoms with E-state index in [4.69, 9.17) is 0 Å². The van der Waals surface area contributed by atoms with Gasteiger partial charge in [0.25, 0.3) is 0 Å². The summed E-state index contributed by atoms with van der Waals surface area (Å²) >= 11 is 0. The number of aromatic nitrogens is 2. The molecule has 0 bridgehead atoms. The molecule has 0 atom stereocenters. The molecule has 0 aliphatic rings. The van der Waals surface area contributed by atoms with Crippen molar-refractivity contribution in [3.8, 4) is 0 Å². The topological polar surface area (TPSA) is 25.8 Å². The van der Waals surface area contributed by atoms with Crippen LogP contribution in [-0.4, -0.2) is 9.97 Å². The first-order chi connectivity index (χ1) is 8.24. The highest BCUT2D eigenvalue weighted by atomic mass is 14.7. The normalized spacial score (nSPS) is 10.5. The van der Waals surface area contributed by atoms with Crippen LogP contribution in [0.4, 0.5) is 0 Å². The van der Waals surface area contributed by atoms with Crippen LogP contribution in [0.1, 0.15) is 22.5 Å². The smallest absolute Gasteiger partial charge is 0.0378 e. The summed E-state index contributed by atoms with van der Waals surface area (Å²) in [5.74, 6) is 0. The monoisotopic (exact) mass is 225 g/mol. The lowest BCUT2D eigenvalue weighted by Crippen LogP contribution is -1.95. The van der Waals surface area contributed by atoms with Gasteiger partial charge >= 0.3 is 0 Å². The highest BCUT2D eigenvalue weighted by molar-refractivity contribution is 5.22. The molecule has 0 saturated heterocycles. The summed E-state index contributed by atoms with van der Waals surface area (Å²) in [6.45, 7) is 4.08. The van der Waals surface area contributed by atoms with Crippen LogP contribution in [0.3, 0.4) is 0 Å². The Bertz CT molecular complexity index is 457. The molecule has 0 aromatic carbocycles. The third-order valence-corrected chi connectivity index (χ3v) is 2.62. The summed E-state index contributed by atoms with van der Waals surface area (Å²) in [7, 11) is 0. The summed E-state index contributed by atoms with van der Waals surface area (Å²) in [5, 5.41) is 0. The van der Waals surface area contributed by atoms with Gasteiger partial charge in [0.1, 0.15) is 0 Å². The summed E-state index contributed by atoms with van der Waals surface area (Å²) in [6.07, 6.45) is 7.96. The average Bonchev–Trinajstić information content (AvgIpc) is 2.29. The largest absolute Gasteiger partial charge is 0.264 e. The molecular weight excluding hydrogens is 208 g/mol. The van der Waals surface area contributed by atoms with Crippen LogP contribution >= 0.6 is 0 Å². The lowest BCUT2D eigenvalue weighted by atomic mass is 10.0. The van der Waals surface area contributed by atoms with Gasteiger partial charge in [0.15, 0.2) is 0 Å². The van der Waals surface area contributed by atoms with Crippen LogP contribution in [0, 0.1) is 20.3 Å². The molecule has 2 aromatic heterocycles. The zero-order chi connectivity index (χ0) is 12.1. The minimum atomic E-state index is 0.967. The predicted octanol–water partition coefficient (Wildman–Crippen LogP) is 3.08. The minimum Gasteiger partial charge on any atom is -0.264 e. The van der Waals surface area contributed by atoms with Gasteiger partial charge < -0.3 is 0 Å². The fourth-order valence-electron chi connectivity index (χ4n) is 1.96. The molecule has 2 heterocycles. The fourth-order valence-corrected chi connectivity index (χ4v) is 1.96. The molecule has 0 amide bonds. The average molecular weight is 225 g/mol. The molecule has 0 fully saturated rings. The van der Waals surface area contributed by atoms with Crippen molar-refractivity contribution in [1.82, 2.24) is 9.97 Å². The SMILES string of the molecule is Cc1cc(C[CH]Cc2cccnc2)cc(C)n1. The number of aryl methyl sites for hydroxylation is 2. The highest BCUT2D eigenvalue weighted by Crippen LogP contribution is 2.09. The second-order valence-corrected chi connectivity index (χ2v) is 4.32. The Hall–Kier alpha value is -1.70. The van der Waals surface area contributed by atoms with E-state index in [9.17, 15) is 0 Å². The zero-order valence-corrected chi connectivity index (χ0v) is 10.4. The lowest BCUT2D eigenvalue weighted by molar-refractivity contribution is 0.995. The van der Waals surface area contributed by atoms with Crippen molar-refractivity contribution in [2.75, 3.05) is 0 Å². The Morgan fingerprint density at radius 2 is 1.76 bits per heavy atom. The van der Waals surface area contributed by atoms with E-state index in [1.807, 2.05) is 26.1 Å². The van der Waals surface area contributed by atoms with Gasteiger partial charge in [0, 0.05) is 23.8 Å². The Morgan fingerprint density at radius 1 is 1.06 bits per heavy atom. The molecule has 2 heteroatoms. The van der Waals surface area contributed by atoms with E-state index < -0.39 is 0 Å². The molecule has 0 unspecified atom stereocenters. The first-order valence-electron chi connectivity index (χ1n) is 5.89.